The Balaban J connectivity index is 2.58. The summed E-state index contributed by atoms with van der Waals surface area (Å²) in [5.41, 5.74) is 11.8. The van der Waals surface area contributed by atoms with E-state index in [4.69, 9.17) is 11.5 Å². The third kappa shape index (κ3) is 1.61. The van der Waals surface area contributed by atoms with Crippen LogP contribution >= 0.6 is 11.3 Å². The van der Waals surface area contributed by atoms with Crippen LogP contribution in [-0.2, 0) is 6.42 Å². The molecule has 1 heterocycles. The van der Waals surface area contributed by atoms with Gasteiger partial charge in [-0.3, -0.25) is 9.59 Å². The molecule has 0 bridgehead atoms. The number of carbonyl (C=O) groups excluding carboxylic acids is 2. The topological polar surface area (TPSA) is 86.2 Å². The first-order valence-corrected chi connectivity index (χ1v) is 5.87. The van der Waals surface area contributed by atoms with Crippen molar-refractivity contribution < 1.29 is 9.59 Å². The maximum atomic E-state index is 11.9. The summed E-state index contributed by atoms with van der Waals surface area (Å²) in [5, 5.41) is 0. The molecule has 2 rings (SSSR count). The van der Waals surface area contributed by atoms with E-state index >= 15 is 0 Å². The monoisotopic (exact) mass is 238 g/mol. The SMILES string of the molecule is CC1(C)CC(=O)c2c(sc(C(N)=O)c2N)C1. The van der Waals surface area contributed by atoms with Crippen molar-refractivity contribution in [1.29, 1.82) is 0 Å². The van der Waals surface area contributed by atoms with Gasteiger partial charge in [0, 0.05) is 11.3 Å². The lowest BCUT2D eigenvalue weighted by Crippen LogP contribution is -2.26. The number of nitrogens with two attached hydrogens (primary N) is 2. The molecule has 1 aromatic heterocycles. The van der Waals surface area contributed by atoms with Crippen molar-refractivity contribution in [1.82, 2.24) is 0 Å². The molecule has 0 atom stereocenters. The molecule has 4 N–H and O–H groups in total. The van der Waals surface area contributed by atoms with Gasteiger partial charge in [-0.05, 0) is 11.8 Å². The summed E-state index contributed by atoms with van der Waals surface area (Å²) in [6.07, 6.45) is 1.25. The Hall–Kier alpha value is -1.36. The second-order valence-corrected chi connectivity index (χ2v) is 6.05. The number of thiophene rings is 1. The van der Waals surface area contributed by atoms with Crippen LogP contribution in [0.4, 0.5) is 5.69 Å². The van der Waals surface area contributed by atoms with Crippen LogP contribution in [0.25, 0.3) is 0 Å². The summed E-state index contributed by atoms with van der Waals surface area (Å²) in [4.78, 5) is 24.3. The lowest BCUT2D eigenvalue weighted by Gasteiger charge is -2.28. The highest BCUT2D eigenvalue weighted by molar-refractivity contribution is 7.15. The highest BCUT2D eigenvalue weighted by Gasteiger charge is 2.35. The predicted molar refractivity (Wildman–Crippen MR) is 63.7 cm³/mol. The van der Waals surface area contributed by atoms with Gasteiger partial charge in [-0.2, -0.15) is 0 Å². The van der Waals surface area contributed by atoms with Crippen LogP contribution in [0.15, 0.2) is 0 Å². The fraction of sp³-hybridized carbons (Fsp3) is 0.455. The lowest BCUT2D eigenvalue weighted by molar-refractivity contribution is 0.0915. The van der Waals surface area contributed by atoms with E-state index in [0.29, 0.717) is 16.9 Å². The number of carbonyl (C=O) groups is 2. The summed E-state index contributed by atoms with van der Waals surface area (Å²) in [6.45, 7) is 4.07. The molecular formula is C11H14N2O2S. The largest absolute Gasteiger partial charge is 0.397 e. The first kappa shape index (κ1) is 11.1. The number of fused-ring (bicyclic) bond motifs is 1. The summed E-state index contributed by atoms with van der Waals surface area (Å²) in [5.74, 6) is -0.532. The van der Waals surface area contributed by atoms with Gasteiger partial charge in [-0.15, -0.1) is 11.3 Å². The molecule has 0 fully saturated rings. The van der Waals surface area contributed by atoms with E-state index in [9.17, 15) is 9.59 Å². The van der Waals surface area contributed by atoms with E-state index < -0.39 is 5.91 Å². The molecule has 1 amide bonds. The maximum Gasteiger partial charge on any atom is 0.260 e. The Morgan fingerprint density at radius 3 is 2.56 bits per heavy atom. The molecule has 1 aromatic rings. The average molecular weight is 238 g/mol. The van der Waals surface area contributed by atoms with Crippen molar-refractivity contribution in [3.05, 3.63) is 15.3 Å². The van der Waals surface area contributed by atoms with Crippen LogP contribution in [0.2, 0.25) is 0 Å². The zero-order valence-electron chi connectivity index (χ0n) is 9.29. The number of rotatable bonds is 1. The van der Waals surface area contributed by atoms with Gasteiger partial charge in [-0.1, -0.05) is 13.8 Å². The molecule has 0 radical (unpaired) electrons. The van der Waals surface area contributed by atoms with Crippen molar-refractivity contribution in [3.63, 3.8) is 0 Å². The molecule has 5 heteroatoms. The van der Waals surface area contributed by atoms with Gasteiger partial charge in [0.1, 0.15) is 4.88 Å². The van der Waals surface area contributed by atoms with Crippen LogP contribution in [0.3, 0.4) is 0 Å². The Kier molecular flexibility index (Phi) is 2.31. The highest BCUT2D eigenvalue weighted by Crippen LogP contribution is 2.42. The minimum Gasteiger partial charge on any atom is -0.397 e. The van der Waals surface area contributed by atoms with Gasteiger partial charge in [-0.25, -0.2) is 0 Å². The molecule has 0 saturated carbocycles. The number of nitrogen functional groups attached to an aromatic ring is 1. The number of hydrogen-bond donors (Lipinski definition) is 2. The van der Waals surface area contributed by atoms with E-state index in [1.165, 1.54) is 11.3 Å². The molecule has 0 aromatic carbocycles. The molecule has 0 spiro atoms. The van der Waals surface area contributed by atoms with Gasteiger partial charge in [0.05, 0.1) is 11.3 Å². The number of anilines is 1. The fourth-order valence-corrected chi connectivity index (χ4v) is 3.47. The predicted octanol–water partition coefficient (Wildman–Crippen LogP) is 1.58. The minimum absolute atomic E-state index is 0.0208. The van der Waals surface area contributed by atoms with Crippen LogP contribution < -0.4 is 11.5 Å². The lowest BCUT2D eigenvalue weighted by atomic mass is 9.77. The standard InChI is InChI=1S/C11H14N2O2S/c1-11(2)3-5(14)7-6(4-11)16-9(8(7)12)10(13)15/h3-4,12H2,1-2H3,(H2,13,15). The van der Waals surface area contributed by atoms with E-state index in [-0.39, 0.29) is 16.9 Å². The van der Waals surface area contributed by atoms with Gasteiger partial charge in [0.25, 0.3) is 5.91 Å². The Morgan fingerprint density at radius 1 is 1.38 bits per heavy atom. The number of amides is 1. The van der Waals surface area contributed by atoms with Crippen molar-refractivity contribution in [2.45, 2.75) is 26.7 Å². The maximum absolute atomic E-state index is 11.9. The van der Waals surface area contributed by atoms with Crippen LogP contribution in [0.5, 0.6) is 0 Å². The Labute approximate surface area is 97.6 Å². The second-order valence-electron chi connectivity index (χ2n) is 4.95. The zero-order valence-corrected chi connectivity index (χ0v) is 10.1. The van der Waals surface area contributed by atoms with E-state index in [0.717, 1.165) is 11.3 Å². The van der Waals surface area contributed by atoms with Crippen molar-refractivity contribution in [3.8, 4) is 0 Å². The normalized spacial score (nSPS) is 18.2. The molecule has 1 aliphatic carbocycles. The molecular weight excluding hydrogens is 224 g/mol. The molecule has 4 nitrogen and oxygen atoms in total. The molecule has 0 saturated heterocycles. The minimum atomic E-state index is -0.553. The molecule has 86 valence electrons. The molecule has 0 aliphatic heterocycles. The van der Waals surface area contributed by atoms with E-state index in [1.807, 2.05) is 13.8 Å². The summed E-state index contributed by atoms with van der Waals surface area (Å²) in [7, 11) is 0. The first-order valence-electron chi connectivity index (χ1n) is 5.06. The smallest absolute Gasteiger partial charge is 0.260 e. The van der Waals surface area contributed by atoms with Crippen molar-refractivity contribution >= 4 is 28.7 Å². The molecule has 16 heavy (non-hydrogen) atoms. The summed E-state index contributed by atoms with van der Waals surface area (Å²) in [6, 6.07) is 0. The quantitative estimate of drug-likeness (QED) is 0.778. The van der Waals surface area contributed by atoms with Gasteiger partial charge in [0.2, 0.25) is 0 Å². The third-order valence-corrected chi connectivity index (χ3v) is 4.02. The van der Waals surface area contributed by atoms with Crippen LogP contribution in [-0.4, -0.2) is 11.7 Å². The van der Waals surface area contributed by atoms with Crippen molar-refractivity contribution in [2.24, 2.45) is 11.1 Å². The second kappa shape index (κ2) is 3.31. The first-order chi connectivity index (χ1) is 7.32. The summed E-state index contributed by atoms with van der Waals surface area (Å²) >= 11 is 1.26. The van der Waals surface area contributed by atoms with Crippen LogP contribution in [0.1, 0.15) is 45.2 Å². The number of ketones is 1. The fourth-order valence-electron chi connectivity index (χ4n) is 2.13. The average Bonchev–Trinajstić information content (AvgIpc) is 2.40. The Bertz CT molecular complexity index is 488. The van der Waals surface area contributed by atoms with E-state index in [2.05, 4.69) is 0 Å². The molecule has 1 aliphatic rings. The van der Waals surface area contributed by atoms with Gasteiger partial charge < -0.3 is 11.5 Å². The van der Waals surface area contributed by atoms with Gasteiger partial charge in [0.15, 0.2) is 5.78 Å². The third-order valence-electron chi connectivity index (χ3n) is 2.80. The number of Topliss-reactive ketones (excluding diaryl/α,β-unsaturated/α-hetero) is 1. The number of primary amides is 1. The summed E-state index contributed by atoms with van der Waals surface area (Å²) < 4.78 is 0. The Morgan fingerprint density at radius 2 is 2.00 bits per heavy atom. The molecule has 0 unspecified atom stereocenters. The van der Waals surface area contributed by atoms with Crippen LogP contribution in [0, 0.1) is 5.41 Å². The highest BCUT2D eigenvalue weighted by atomic mass is 32.1. The number of hydrogen-bond acceptors (Lipinski definition) is 4. The van der Waals surface area contributed by atoms with Gasteiger partial charge >= 0.3 is 0 Å². The van der Waals surface area contributed by atoms with E-state index in [1.54, 1.807) is 0 Å². The van der Waals surface area contributed by atoms with Crippen molar-refractivity contribution in [2.75, 3.05) is 5.73 Å². The zero-order chi connectivity index (χ0) is 12.1.